The van der Waals surface area contributed by atoms with Crippen LogP contribution in [-0.4, -0.2) is 0 Å². The third-order valence-electron chi connectivity index (χ3n) is 3.14. The molecule has 0 amide bonds. The normalized spacial score (nSPS) is 12.2. The average Bonchev–Trinajstić information content (AvgIpc) is 2.35. The van der Waals surface area contributed by atoms with Crippen LogP contribution in [0, 0.1) is 19.7 Å². The molecule has 0 aromatic heterocycles. The first-order valence-corrected chi connectivity index (χ1v) is 6.70. The van der Waals surface area contributed by atoms with Crippen molar-refractivity contribution in [3.05, 3.63) is 64.5 Å². The van der Waals surface area contributed by atoms with Crippen LogP contribution in [0.15, 0.2) is 36.4 Å². The lowest BCUT2D eigenvalue weighted by Gasteiger charge is -2.14. The Morgan fingerprint density at radius 1 is 1.10 bits per heavy atom. The van der Waals surface area contributed by atoms with Crippen molar-refractivity contribution in [2.45, 2.75) is 33.4 Å². The summed E-state index contributed by atoms with van der Waals surface area (Å²) in [4.78, 5) is 0. The van der Waals surface area contributed by atoms with Crippen LogP contribution in [0.5, 0.6) is 5.75 Å². The summed E-state index contributed by atoms with van der Waals surface area (Å²) >= 11 is 0. The smallest absolute Gasteiger partial charge is 0.127 e. The molecule has 0 spiro atoms. The molecule has 2 nitrogen and oxygen atoms in total. The molecule has 0 saturated heterocycles. The Hall–Kier alpha value is -1.87. The Bertz CT molecular complexity index is 588. The molecule has 3 heteroatoms. The zero-order chi connectivity index (χ0) is 14.7. The van der Waals surface area contributed by atoms with Crippen molar-refractivity contribution >= 4 is 0 Å². The predicted octanol–water partition coefficient (Wildman–Crippen LogP) is 4.04. The van der Waals surface area contributed by atoms with Crippen LogP contribution in [0.1, 0.15) is 35.2 Å². The zero-order valence-corrected chi connectivity index (χ0v) is 12.1. The van der Waals surface area contributed by atoms with Gasteiger partial charge < -0.3 is 10.5 Å². The minimum absolute atomic E-state index is 0.190. The van der Waals surface area contributed by atoms with E-state index in [0.717, 1.165) is 11.1 Å². The molecule has 0 heterocycles. The number of ether oxygens (including phenoxy) is 1. The van der Waals surface area contributed by atoms with Gasteiger partial charge in [0.15, 0.2) is 0 Å². The first kappa shape index (κ1) is 14.5. The van der Waals surface area contributed by atoms with Gasteiger partial charge in [-0.1, -0.05) is 35.4 Å². The molecule has 0 aliphatic rings. The lowest BCUT2D eigenvalue weighted by Crippen LogP contribution is -2.08. The average molecular weight is 273 g/mol. The Labute approximate surface area is 119 Å². The Kier molecular flexibility index (Phi) is 4.40. The van der Waals surface area contributed by atoms with E-state index in [1.54, 1.807) is 6.07 Å². The van der Waals surface area contributed by atoms with Crippen LogP contribution in [0.4, 0.5) is 4.39 Å². The van der Waals surface area contributed by atoms with E-state index in [1.165, 1.54) is 23.3 Å². The maximum absolute atomic E-state index is 13.3. The molecular formula is C17H20FNO. The second-order valence-electron chi connectivity index (χ2n) is 5.26. The van der Waals surface area contributed by atoms with Crippen molar-refractivity contribution in [3.63, 3.8) is 0 Å². The van der Waals surface area contributed by atoms with Gasteiger partial charge in [0.2, 0.25) is 0 Å². The highest BCUT2D eigenvalue weighted by Crippen LogP contribution is 2.26. The van der Waals surface area contributed by atoms with E-state index in [4.69, 9.17) is 10.5 Å². The SMILES string of the molecule is Cc1cc(C)cc(COc2cc(F)ccc2[C@H](C)N)c1. The third-order valence-corrected chi connectivity index (χ3v) is 3.14. The molecular weight excluding hydrogens is 253 g/mol. The fourth-order valence-electron chi connectivity index (χ4n) is 2.32. The van der Waals surface area contributed by atoms with Crippen molar-refractivity contribution in [2.24, 2.45) is 5.73 Å². The van der Waals surface area contributed by atoms with E-state index >= 15 is 0 Å². The van der Waals surface area contributed by atoms with Gasteiger partial charge in [0, 0.05) is 17.7 Å². The fourth-order valence-corrected chi connectivity index (χ4v) is 2.32. The lowest BCUT2D eigenvalue weighted by atomic mass is 10.1. The van der Waals surface area contributed by atoms with Gasteiger partial charge in [0.1, 0.15) is 18.2 Å². The molecule has 0 saturated carbocycles. The van der Waals surface area contributed by atoms with Crippen molar-refractivity contribution in [2.75, 3.05) is 0 Å². The standard InChI is InChI=1S/C17H20FNO/c1-11-6-12(2)8-14(7-11)10-20-17-9-15(18)4-5-16(17)13(3)19/h4-9,13H,10,19H2,1-3H3/t13-/m0/s1. The van der Waals surface area contributed by atoms with Gasteiger partial charge >= 0.3 is 0 Å². The largest absolute Gasteiger partial charge is 0.488 e. The second kappa shape index (κ2) is 6.06. The van der Waals surface area contributed by atoms with Crippen molar-refractivity contribution in [3.8, 4) is 5.75 Å². The highest BCUT2D eigenvalue weighted by atomic mass is 19.1. The van der Waals surface area contributed by atoms with Gasteiger partial charge in [0.25, 0.3) is 0 Å². The summed E-state index contributed by atoms with van der Waals surface area (Å²) in [6.45, 7) is 6.36. The van der Waals surface area contributed by atoms with Gasteiger partial charge in [-0.05, 0) is 32.4 Å². The maximum atomic E-state index is 13.3. The predicted molar refractivity (Wildman–Crippen MR) is 79.3 cm³/mol. The topological polar surface area (TPSA) is 35.2 Å². The first-order chi connectivity index (χ1) is 9.45. The van der Waals surface area contributed by atoms with Crippen LogP contribution >= 0.6 is 0 Å². The third kappa shape index (κ3) is 3.58. The van der Waals surface area contributed by atoms with Gasteiger partial charge in [0.05, 0.1) is 0 Å². The summed E-state index contributed by atoms with van der Waals surface area (Å²) in [6.07, 6.45) is 0. The summed E-state index contributed by atoms with van der Waals surface area (Å²) < 4.78 is 19.1. The van der Waals surface area contributed by atoms with E-state index < -0.39 is 0 Å². The molecule has 106 valence electrons. The van der Waals surface area contributed by atoms with E-state index in [1.807, 2.05) is 20.8 Å². The maximum Gasteiger partial charge on any atom is 0.127 e. The molecule has 20 heavy (non-hydrogen) atoms. The number of hydrogen-bond donors (Lipinski definition) is 1. The minimum atomic E-state index is -0.315. The molecule has 2 aromatic carbocycles. The van der Waals surface area contributed by atoms with Crippen LogP contribution in [0.2, 0.25) is 0 Å². The minimum Gasteiger partial charge on any atom is -0.488 e. The van der Waals surface area contributed by atoms with Crippen molar-refractivity contribution in [1.82, 2.24) is 0 Å². The molecule has 2 rings (SSSR count). The lowest BCUT2D eigenvalue weighted by molar-refractivity contribution is 0.299. The number of hydrogen-bond acceptors (Lipinski definition) is 2. The van der Waals surface area contributed by atoms with Gasteiger partial charge in [-0.2, -0.15) is 0 Å². The van der Waals surface area contributed by atoms with Crippen LogP contribution in [-0.2, 0) is 6.61 Å². The number of halogens is 1. The van der Waals surface area contributed by atoms with Crippen LogP contribution in [0.3, 0.4) is 0 Å². The molecule has 2 N–H and O–H groups in total. The molecule has 0 aliphatic carbocycles. The monoisotopic (exact) mass is 273 g/mol. The molecule has 0 fully saturated rings. The van der Waals surface area contributed by atoms with Gasteiger partial charge in [-0.3, -0.25) is 0 Å². The Morgan fingerprint density at radius 3 is 2.35 bits per heavy atom. The van der Waals surface area contributed by atoms with Crippen LogP contribution < -0.4 is 10.5 Å². The molecule has 0 radical (unpaired) electrons. The van der Waals surface area contributed by atoms with E-state index in [-0.39, 0.29) is 11.9 Å². The first-order valence-electron chi connectivity index (χ1n) is 6.70. The zero-order valence-electron chi connectivity index (χ0n) is 12.1. The second-order valence-corrected chi connectivity index (χ2v) is 5.26. The number of nitrogens with two attached hydrogens (primary N) is 1. The fraction of sp³-hybridized carbons (Fsp3) is 0.294. The molecule has 0 unspecified atom stereocenters. The van der Waals surface area contributed by atoms with Crippen molar-refractivity contribution in [1.29, 1.82) is 0 Å². The summed E-state index contributed by atoms with van der Waals surface area (Å²) in [5.41, 5.74) is 10.1. The summed E-state index contributed by atoms with van der Waals surface area (Å²) in [6, 6.07) is 10.5. The van der Waals surface area contributed by atoms with E-state index in [2.05, 4.69) is 18.2 Å². The summed E-state index contributed by atoms with van der Waals surface area (Å²) in [7, 11) is 0. The number of rotatable bonds is 4. The van der Waals surface area contributed by atoms with E-state index in [9.17, 15) is 4.39 Å². The van der Waals surface area contributed by atoms with E-state index in [0.29, 0.717) is 12.4 Å². The van der Waals surface area contributed by atoms with Gasteiger partial charge in [-0.25, -0.2) is 4.39 Å². The number of aryl methyl sites for hydroxylation is 2. The van der Waals surface area contributed by atoms with Gasteiger partial charge in [-0.15, -0.1) is 0 Å². The Balaban J connectivity index is 2.20. The molecule has 2 aromatic rings. The quantitative estimate of drug-likeness (QED) is 0.912. The molecule has 0 bridgehead atoms. The van der Waals surface area contributed by atoms with Crippen molar-refractivity contribution < 1.29 is 9.13 Å². The highest BCUT2D eigenvalue weighted by molar-refractivity contribution is 5.36. The molecule has 0 aliphatic heterocycles. The van der Waals surface area contributed by atoms with Crippen LogP contribution in [0.25, 0.3) is 0 Å². The Morgan fingerprint density at radius 2 is 1.75 bits per heavy atom. The summed E-state index contributed by atoms with van der Waals surface area (Å²) in [5, 5.41) is 0. The number of benzene rings is 2. The highest BCUT2D eigenvalue weighted by Gasteiger charge is 2.10. The summed E-state index contributed by atoms with van der Waals surface area (Å²) in [5.74, 6) is 0.198. The molecule has 1 atom stereocenters.